The van der Waals surface area contributed by atoms with E-state index in [1.54, 1.807) is 4.90 Å². The fraction of sp³-hybridized carbons (Fsp3) is 0.286. The van der Waals surface area contributed by atoms with Crippen molar-refractivity contribution in [2.45, 2.75) is 19.3 Å². The molecule has 0 N–H and O–H groups in total. The van der Waals surface area contributed by atoms with Gasteiger partial charge in [0.2, 0.25) is 5.91 Å². The molecule has 6 nitrogen and oxygen atoms in total. The smallest absolute Gasteiger partial charge is 0.257 e. The van der Waals surface area contributed by atoms with Crippen LogP contribution >= 0.6 is 0 Å². The lowest BCUT2D eigenvalue weighted by Crippen LogP contribution is -2.24. The van der Waals surface area contributed by atoms with Gasteiger partial charge in [0.25, 0.3) is 5.89 Å². The van der Waals surface area contributed by atoms with Crippen molar-refractivity contribution in [2.75, 3.05) is 30.4 Å². The molecule has 1 amide bonds. The van der Waals surface area contributed by atoms with Crippen molar-refractivity contribution in [3.05, 3.63) is 59.9 Å². The molecule has 1 aliphatic heterocycles. The summed E-state index contributed by atoms with van der Waals surface area (Å²) in [6, 6.07) is 15.9. The van der Waals surface area contributed by atoms with Crippen LogP contribution in [0, 0.1) is 6.92 Å². The maximum Gasteiger partial charge on any atom is 0.257 e. The molecule has 2 aromatic carbocycles. The Morgan fingerprint density at radius 3 is 2.44 bits per heavy atom. The third-order valence-electron chi connectivity index (χ3n) is 4.91. The summed E-state index contributed by atoms with van der Waals surface area (Å²) in [7, 11) is 3.99. The van der Waals surface area contributed by atoms with E-state index in [-0.39, 0.29) is 11.8 Å². The molecular formula is C21H22N4O2. The van der Waals surface area contributed by atoms with Crippen LogP contribution in [-0.4, -0.2) is 36.7 Å². The number of carbonyl (C=O) groups excluding carboxylic acids is 1. The van der Waals surface area contributed by atoms with Gasteiger partial charge >= 0.3 is 0 Å². The molecule has 1 aromatic heterocycles. The molecule has 0 saturated carbocycles. The predicted octanol–water partition coefficient (Wildman–Crippen LogP) is 3.63. The van der Waals surface area contributed by atoms with E-state index >= 15 is 0 Å². The van der Waals surface area contributed by atoms with E-state index in [0.717, 1.165) is 16.9 Å². The number of aromatic nitrogens is 2. The van der Waals surface area contributed by atoms with Crippen molar-refractivity contribution in [3.8, 4) is 11.5 Å². The second-order valence-corrected chi connectivity index (χ2v) is 7.14. The van der Waals surface area contributed by atoms with Crippen molar-refractivity contribution in [2.24, 2.45) is 0 Å². The molecule has 0 unspecified atom stereocenters. The second-order valence-electron chi connectivity index (χ2n) is 7.14. The Morgan fingerprint density at radius 2 is 1.78 bits per heavy atom. The van der Waals surface area contributed by atoms with Gasteiger partial charge in [0, 0.05) is 49.9 Å². The van der Waals surface area contributed by atoms with Gasteiger partial charge in [-0.1, -0.05) is 22.9 Å². The minimum absolute atomic E-state index is 0.0580. The molecule has 0 bridgehead atoms. The van der Waals surface area contributed by atoms with Gasteiger partial charge in [-0.15, -0.1) is 0 Å². The van der Waals surface area contributed by atoms with Crippen LogP contribution in [0.25, 0.3) is 11.5 Å². The second kappa shape index (κ2) is 6.87. The number of anilines is 2. The summed E-state index contributed by atoms with van der Waals surface area (Å²) in [6.45, 7) is 2.60. The zero-order chi connectivity index (χ0) is 19.0. The molecule has 0 aliphatic carbocycles. The minimum atomic E-state index is -0.0580. The molecule has 4 rings (SSSR count). The molecule has 2 heterocycles. The summed E-state index contributed by atoms with van der Waals surface area (Å²) in [6.07, 6.45) is 0.395. The fourth-order valence-electron chi connectivity index (χ4n) is 3.27. The zero-order valence-electron chi connectivity index (χ0n) is 15.7. The van der Waals surface area contributed by atoms with Crippen molar-refractivity contribution in [1.82, 2.24) is 10.1 Å². The number of carbonyl (C=O) groups is 1. The zero-order valence-corrected chi connectivity index (χ0v) is 15.7. The molecule has 1 saturated heterocycles. The Bertz CT molecular complexity index is 945. The van der Waals surface area contributed by atoms with Crippen LogP contribution in [0.3, 0.4) is 0 Å². The van der Waals surface area contributed by atoms with Gasteiger partial charge in [0.15, 0.2) is 5.82 Å². The first-order chi connectivity index (χ1) is 13.0. The van der Waals surface area contributed by atoms with E-state index in [9.17, 15) is 4.79 Å². The Labute approximate surface area is 158 Å². The first-order valence-corrected chi connectivity index (χ1v) is 8.99. The maximum absolute atomic E-state index is 12.5. The van der Waals surface area contributed by atoms with Gasteiger partial charge in [-0.2, -0.15) is 4.98 Å². The van der Waals surface area contributed by atoms with Crippen molar-refractivity contribution < 1.29 is 9.32 Å². The number of hydrogen-bond donors (Lipinski definition) is 0. The molecule has 1 fully saturated rings. The van der Waals surface area contributed by atoms with E-state index in [1.807, 2.05) is 74.4 Å². The lowest BCUT2D eigenvalue weighted by Gasteiger charge is -2.16. The number of aryl methyl sites for hydroxylation is 1. The predicted molar refractivity (Wildman–Crippen MR) is 105 cm³/mol. The van der Waals surface area contributed by atoms with Gasteiger partial charge in [0.1, 0.15) is 0 Å². The summed E-state index contributed by atoms with van der Waals surface area (Å²) in [5, 5.41) is 4.13. The van der Waals surface area contributed by atoms with Gasteiger partial charge in [-0.05, 0) is 43.3 Å². The first-order valence-electron chi connectivity index (χ1n) is 8.99. The largest absolute Gasteiger partial charge is 0.378 e. The molecule has 1 atom stereocenters. The van der Waals surface area contributed by atoms with Crippen LogP contribution in [0.1, 0.15) is 23.7 Å². The molecule has 3 aromatic rings. The summed E-state index contributed by atoms with van der Waals surface area (Å²) in [5.74, 6) is 1.10. The number of rotatable bonds is 4. The molecule has 27 heavy (non-hydrogen) atoms. The number of nitrogens with zero attached hydrogens (tertiary/aromatic N) is 4. The normalized spacial score (nSPS) is 16.8. The summed E-state index contributed by atoms with van der Waals surface area (Å²) >= 11 is 0. The Morgan fingerprint density at radius 1 is 1.07 bits per heavy atom. The number of benzene rings is 2. The van der Waals surface area contributed by atoms with Crippen LogP contribution in [-0.2, 0) is 4.79 Å². The molecule has 6 heteroatoms. The van der Waals surface area contributed by atoms with Crippen molar-refractivity contribution in [1.29, 1.82) is 0 Å². The van der Waals surface area contributed by atoms with E-state index in [1.165, 1.54) is 5.56 Å². The fourth-order valence-corrected chi connectivity index (χ4v) is 3.27. The number of amides is 1. The van der Waals surface area contributed by atoms with Crippen LogP contribution in [0.2, 0.25) is 0 Å². The van der Waals surface area contributed by atoms with E-state index < -0.39 is 0 Å². The monoisotopic (exact) mass is 362 g/mol. The SMILES string of the molecule is Cc1ccc(N2C[C@H](c3noc(-c4ccc(N(C)C)cc4)n3)CC2=O)cc1. The van der Waals surface area contributed by atoms with Crippen LogP contribution < -0.4 is 9.80 Å². The van der Waals surface area contributed by atoms with Crippen LogP contribution in [0.4, 0.5) is 11.4 Å². The van der Waals surface area contributed by atoms with Crippen LogP contribution in [0.5, 0.6) is 0 Å². The van der Waals surface area contributed by atoms with E-state index in [0.29, 0.717) is 24.7 Å². The van der Waals surface area contributed by atoms with E-state index in [2.05, 4.69) is 10.1 Å². The van der Waals surface area contributed by atoms with Crippen molar-refractivity contribution in [3.63, 3.8) is 0 Å². The maximum atomic E-state index is 12.5. The Hall–Kier alpha value is -3.15. The highest BCUT2D eigenvalue weighted by molar-refractivity contribution is 5.96. The molecule has 138 valence electrons. The van der Waals surface area contributed by atoms with E-state index in [4.69, 9.17) is 4.52 Å². The minimum Gasteiger partial charge on any atom is -0.378 e. The summed E-state index contributed by atoms with van der Waals surface area (Å²) in [5.41, 5.74) is 4.06. The lowest BCUT2D eigenvalue weighted by atomic mass is 10.1. The first kappa shape index (κ1) is 17.3. The van der Waals surface area contributed by atoms with Gasteiger partial charge < -0.3 is 14.3 Å². The molecule has 0 spiro atoms. The lowest BCUT2D eigenvalue weighted by molar-refractivity contribution is -0.117. The average molecular weight is 362 g/mol. The third-order valence-corrected chi connectivity index (χ3v) is 4.91. The molecule has 0 radical (unpaired) electrons. The Balaban J connectivity index is 1.52. The highest BCUT2D eigenvalue weighted by atomic mass is 16.5. The van der Waals surface area contributed by atoms with Crippen molar-refractivity contribution >= 4 is 17.3 Å². The number of hydrogen-bond acceptors (Lipinski definition) is 5. The quantitative estimate of drug-likeness (QED) is 0.709. The average Bonchev–Trinajstić information content (AvgIpc) is 3.29. The third kappa shape index (κ3) is 3.43. The standard InChI is InChI=1S/C21H22N4O2/c1-14-4-8-18(9-5-14)25-13-16(12-19(25)26)20-22-21(27-23-20)15-6-10-17(11-7-15)24(2)3/h4-11,16H,12-13H2,1-3H3/t16-/m1/s1. The van der Waals surface area contributed by atoms with Gasteiger partial charge in [-0.25, -0.2) is 0 Å². The molecular weight excluding hydrogens is 340 g/mol. The topological polar surface area (TPSA) is 62.5 Å². The van der Waals surface area contributed by atoms with Gasteiger partial charge in [-0.3, -0.25) is 4.79 Å². The van der Waals surface area contributed by atoms with Crippen LogP contribution in [0.15, 0.2) is 53.1 Å². The Kier molecular flexibility index (Phi) is 4.39. The highest BCUT2D eigenvalue weighted by Crippen LogP contribution is 2.31. The summed E-state index contributed by atoms with van der Waals surface area (Å²) < 4.78 is 5.45. The summed E-state index contributed by atoms with van der Waals surface area (Å²) in [4.78, 5) is 20.8. The highest BCUT2D eigenvalue weighted by Gasteiger charge is 2.34. The van der Waals surface area contributed by atoms with Gasteiger partial charge in [0.05, 0.1) is 0 Å². The molecule has 1 aliphatic rings.